The third kappa shape index (κ3) is 4.13. The van der Waals surface area contributed by atoms with Crippen molar-refractivity contribution in [2.45, 2.75) is 32.6 Å². The van der Waals surface area contributed by atoms with Gasteiger partial charge in [-0.3, -0.25) is 4.72 Å². The predicted octanol–water partition coefficient (Wildman–Crippen LogP) is 2.53. The number of carboxylic acids is 1. The van der Waals surface area contributed by atoms with Gasteiger partial charge < -0.3 is 10.0 Å². The van der Waals surface area contributed by atoms with E-state index in [0.29, 0.717) is 0 Å². The van der Waals surface area contributed by atoms with Crippen molar-refractivity contribution in [3.63, 3.8) is 0 Å². The van der Waals surface area contributed by atoms with Gasteiger partial charge in [0.25, 0.3) is 0 Å². The van der Waals surface area contributed by atoms with E-state index in [9.17, 15) is 18.3 Å². The van der Waals surface area contributed by atoms with Gasteiger partial charge in [-0.15, -0.1) is 0 Å². The molecule has 2 rings (SSSR count). The molecule has 0 unspecified atom stereocenters. The summed E-state index contributed by atoms with van der Waals surface area (Å²) in [7, 11) is -3.50. The van der Waals surface area contributed by atoms with Crippen LogP contribution in [0.1, 0.15) is 43.0 Å². The molecule has 1 aromatic carbocycles. The molecule has 1 aromatic rings. The fourth-order valence-electron chi connectivity index (χ4n) is 2.56. The van der Waals surface area contributed by atoms with Crippen LogP contribution in [0.5, 0.6) is 0 Å². The lowest BCUT2D eigenvalue weighted by Crippen LogP contribution is -2.24. The highest BCUT2D eigenvalue weighted by atomic mass is 32.2. The molecule has 0 radical (unpaired) electrons. The summed E-state index contributed by atoms with van der Waals surface area (Å²) in [6.45, 7) is 3.31. The molecule has 22 heavy (non-hydrogen) atoms. The number of rotatable bonds is 5. The van der Waals surface area contributed by atoms with Crippen LogP contribution < -0.4 is 9.62 Å². The van der Waals surface area contributed by atoms with Crippen LogP contribution in [0.25, 0.3) is 0 Å². The van der Waals surface area contributed by atoms with Crippen molar-refractivity contribution >= 4 is 27.4 Å². The van der Waals surface area contributed by atoms with Gasteiger partial charge in [0.2, 0.25) is 10.0 Å². The molecule has 122 valence electrons. The molecule has 0 amide bonds. The Hall–Kier alpha value is -1.76. The van der Waals surface area contributed by atoms with Crippen LogP contribution in [0.4, 0.5) is 11.4 Å². The third-order valence-electron chi connectivity index (χ3n) is 3.85. The van der Waals surface area contributed by atoms with Crippen LogP contribution in [0.2, 0.25) is 0 Å². The normalized spacial score (nSPS) is 16.1. The number of hydrogen-bond donors (Lipinski definition) is 2. The maximum atomic E-state index is 11.7. The van der Waals surface area contributed by atoms with Gasteiger partial charge in [-0.1, -0.05) is 12.8 Å². The van der Waals surface area contributed by atoms with E-state index in [1.54, 1.807) is 12.1 Å². The van der Waals surface area contributed by atoms with Crippen LogP contribution in [0.3, 0.4) is 0 Å². The minimum Gasteiger partial charge on any atom is -0.478 e. The Kier molecular flexibility index (Phi) is 5.28. The maximum absolute atomic E-state index is 11.7. The first-order valence-electron chi connectivity index (χ1n) is 7.56. The molecular weight excluding hydrogens is 304 g/mol. The Morgan fingerprint density at radius 2 is 1.86 bits per heavy atom. The molecular formula is C15H22N2O4S. The zero-order valence-electron chi connectivity index (χ0n) is 12.7. The molecule has 1 fully saturated rings. The number of nitrogens with zero attached hydrogens (tertiary/aromatic N) is 1. The Morgan fingerprint density at radius 1 is 1.23 bits per heavy atom. The van der Waals surface area contributed by atoms with Gasteiger partial charge >= 0.3 is 5.97 Å². The first-order chi connectivity index (χ1) is 10.4. The second-order valence-corrected chi connectivity index (χ2v) is 7.45. The van der Waals surface area contributed by atoms with Gasteiger partial charge in [0.1, 0.15) is 0 Å². The van der Waals surface area contributed by atoms with E-state index >= 15 is 0 Å². The van der Waals surface area contributed by atoms with Crippen LogP contribution in [0, 0.1) is 0 Å². The molecule has 6 nitrogen and oxygen atoms in total. The van der Waals surface area contributed by atoms with E-state index in [2.05, 4.69) is 9.62 Å². The predicted molar refractivity (Wildman–Crippen MR) is 87.2 cm³/mol. The molecule has 0 spiro atoms. The Morgan fingerprint density at radius 3 is 2.41 bits per heavy atom. The molecule has 1 saturated heterocycles. The highest BCUT2D eigenvalue weighted by Gasteiger charge is 2.18. The molecule has 0 saturated carbocycles. The lowest BCUT2D eigenvalue weighted by Gasteiger charge is -2.23. The van der Waals surface area contributed by atoms with Crippen molar-refractivity contribution < 1.29 is 18.3 Å². The summed E-state index contributed by atoms with van der Waals surface area (Å²) in [5.74, 6) is -1.23. The smallest absolute Gasteiger partial charge is 0.337 e. The number of anilines is 2. The quantitative estimate of drug-likeness (QED) is 0.868. The summed E-state index contributed by atoms with van der Waals surface area (Å²) < 4.78 is 25.7. The standard InChI is InChI=1S/C15H22N2O4S/c1-2-22(20,21)16-14-8-7-12(11-13(14)15(18)19)17-9-5-3-4-6-10-17/h7-8,11,16H,2-6,9-10H2,1H3,(H,18,19). The van der Waals surface area contributed by atoms with Gasteiger partial charge in [-0.25, -0.2) is 13.2 Å². The van der Waals surface area contributed by atoms with Crippen molar-refractivity contribution in [3.05, 3.63) is 23.8 Å². The first kappa shape index (κ1) is 16.6. The van der Waals surface area contributed by atoms with Crippen LogP contribution in [-0.4, -0.2) is 38.3 Å². The largest absolute Gasteiger partial charge is 0.478 e. The Labute approximate surface area is 131 Å². The van der Waals surface area contributed by atoms with Crippen molar-refractivity contribution in [1.82, 2.24) is 0 Å². The van der Waals surface area contributed by atoms with E-state index in [4.69, 9.17) is 0 Å². The number of carboxylic acid groups (broad SMARTS) is 1. The van der Waals surface area contributed by atoms with Gasteiger partial charge in [0, 0.05) is 18.8 Å². The Balaban J connectivity index is 2.32. The van der Waals surface area contributed by atoms with Gasteiger partial charge in [0.05, 0.1) is 17.0 Å². The average Bonchev–Trinajstić information content (AvgIpc) is 2.76. The lowest BCUT2D eigenvalue weighted by atomic mass is 10.1. The summed E-state index contributed by atoms with van der Waals surface area (Å²) >= 11 is 0. The average molecular weight is 326 g/mol. The Bertz CT molecular complexity index is 635. The monoisotopic (exact) mass is 326 g/mol. The van der Waals surface area contributed by atoms with E-state index in [0.717, 1.165) is 31.6 Å². The zero-order valence-corrected chi connectivity index (χ0v) is 13.5. The minimum atomic E-state index is -3.50. The number of carbonyl (C=O) groups is 1. The molecule has 1 heterocycles. The number of aromatic carboxylic acids is 1. The first-order valence-corrected chi connectivity index (χ1v) is 9.21. The number of benzene rings is 1. The second kappa shape index (κ2) is 7.00. The maximum Gasteiger partial charge on any atom is 0.337 e. The van der Waals surface area contributed by atoms with Gasteiger partial charge in [0.15, 0.2) is 0 Å². The van der Waals surface area contributed by atoms with E-state index in [1.807, 2.05) is 0 Å². The van der Waals surface area contributed by atoms with Crippen molar-refractivity contribution in [2.24, 2.45) is 0 Å². The van der Waals surface area contributed by atoms with E-state index < -0.39 is 16.0 Å². The van der Waals surface area contributed by atoms with E-state index in [-0.39, 0.29) is 17.0 Å². The molecule has 0 aliphatic carbocycles. The van der Waals surface area contributed by atoms with Crippen molar-refractivity contribution in [2.75, 3.05) is 28.5 Å². The number of nitrogens with one attached hydrogen (secondary N) is 1. The molecule has 0 atom stereocenters. The molecule has 2 N–H and O–H groups in total. The van der Waals surface area contributed by atoms with Gasteiger partial charge in [-0.2, -0.15) is 0 Å². The fraction of sp³-hybridized carbons (Fsp3) is 0.533. The summed E-state index contributed by atoms with van der Waals surface area (Å²) in [6.07, 6.45) is 4.56. The third-order valence-corrected chi connectivity index (χ3v) is 5.14. The minimum absolute atomic E-state index is 0.0150. The topological polar surface area (TPSA) is 86.7 Å². The van der Waals surface area contributed by atoms with Crippen LogP contribution in [0.15, 0.2) is 18.2 Å². The van der Waals surface area contributed by atoms with Crippen LogP contribution in [-0.2, 0) is 10.0 Å². The van der Waals surface area contributed by atoms with Crippen molar-refractivity contribution in [3.8, 4) is 0 Å². The zero-order chi connectivity index (χ0) is 16.2. The summed E-state index contributed by atoms with van der Waals surface area (Å²) in [6, 6.07) is 4.88. The van der Waals surface area contributed by atoms with Gasteiger partial charge in [-0.05, 0) is 38.0 Å². The highest BCUT2D eigenvalue weighted by molar-refractivity contribution is 7.92. The fourth-order valence-corrected chi connectivity index (χ4v) is 3.22. The van der Waals surface area contributed by atoms with Crippen molar-refractivity contribution in [1.29, 1.82) is 0 Å². The highest BCUT2D eigenvalue weighted by Crippen LogP contribution is 2.26. The summed E-state index contributed by atoms with van der Waals surface area (Å²) in [5.41, 5.74) is 0.936. The lowest BCUT2D eigenvalue weighted by molar-refractivity contribution is 0.0698. The molecule has 7 heteroatoms. The molecule has 0 aromatic heterocycles. The SMILES string of the molecule is CCS(=O)(=O)Nc1ccc(N2CCCCCC2)cc1C(=O)O. The molecule has 1 aliphatic heterocycles. The summed E-state index contributed by atoms with van der Waals surface area (Å²) in [4.78, 5) is 13.6. The van der Waals surface area contributed by atoms with Crippen LogP contribution >= 0.6 is 0 Å². The summed E-state index contributed by atoms with van der Waals surface area (Å²) in [5, 5.41) is 9.36. The van der Waals surface area contributed by atoms with E-state index in [1.165, 1.54) is 25.8 Å². The number of sulfonamides is 1. The second-order valence-electron chi connectivity index (χ2n) is 5.44. The molecule has 1 aliphatic rings. The molecule has 0 bridgehead atoms. The number of hydrogen-bond acceptors (Lipinski definition) is 4.